The van der Waals surface area contributed by atoms with Crippen LogP contribution in [-0.2, 0) is 0 Å². The first kappa shape index (κ1) is 15.2. The van der Waals surface area contributed by atoms with Crippen molar-refractivity contribution in [2.75, 3.05) is 6.54 Å². The minimum absolute atomic E-state index is 0.522. The molecule has 1 rings (SSSR count). The van der Waals surface area contributed by atoms with Crippen molar-refractivity contribution in [1.82, 2.24) is 5.32 Å². The van der Waals surface area contributed by atoms with Gasteiger partial charge in [-0.1, -0.05) is 51.8 Å². The summed E-state index contributed by atoms with van der Waals surface area (Å²) in [7, 11) is 0. The molecule has 1 aromatic rings. The highest BCUT2D eigenvalue weighted by Crippen LogP contribution is 2.25. The van der Waals surface area contributed by atoms with Gasteiger partial charge in [-0.15, -0.1) is 0 Å². The fourth-order valence-electron chi connectivity index (χ4n) is 2.50. The van der Waals surface area contributed by atoms with Crippen LogP contribution in [0.25, 0.3) is 0 Å². The van der Waals surface area contributed by atoms with Gasteiger partial charge in [-0.05, 0) is 49.4 Å². The third-order valence-corrected chi connectivity index (χ3v) is 3.75. The molecule has 0 spiro atoms. The number of benzene rings is 1. The highest BCUT2D eigenvalue weighted by atomic mass is 14.9. The summed E-state index contributed by atoms with van der Waals surface area (Å²) in [4.78, 5) is 0. The molecule has 0 aromatic heterocycles. The van der Waals surface area contributed by atoms with Gasteiger partial charge in [0.25, 0.3) is 0 Å². The van der Waals surface area contributed by atoms with Crippen LogP contribution in [0.4, 0.5) is 0 Å². The van der Waals surface area contributed by atoms with Gasteiger partial charge in [-0.25, -0.2) is 0 Å². The van der Waals surface area contributed by atoms with E-state index in [-0.39, 0.29) is 0 Å². The normalized spacial score (nSPS) is 13.0. The summed E-state index contributed by atoms with van der Waals surface area (Å²) >= 11 is 0. The maximum atomic E-state index is 3.64. The molecular formula is C17H29N. The summed E-state index contributed by atoms with van der Waals surface area (Å²) in [5.74, 6) is 0.811. The van der Waals surface area contributed by atoms with Crippen molar-refractivity contribution >= 4 is 0 Å². The van der Waals surface area contributed by atoms with E-state index in [9.17, 15) is 0 Å². The van der Waals surface area contributed by atoms with Crippen LogP contribution in [0.5, 0.6) is 0 Å². The molecule has 1 N–H and O–H groups in total. The van der Waals surface area contributed by atoms with Gasteiger partial charge >= 0.3 is 0 Å². The molecule has 1 nitrogen and oxygen atoms in total. The van der Waals surface area contributed by atoms with E-state index in [2.05, 4.69) is 58.1 Å². The van der Waals surface area contributed by atoms with E-state index < -0.39 is 0 Å². The summed E-state index contributed by atoms with van der Waals surface area (Å²) in [6, 6.07) is 7.19. The van der Waals surface area contributed by atoms with E-state index >= 15 is 0 Å². The van der Waals surface area contributed by atoms with E-state index in [4.69, 9.17) is 0 Å². The second-order valence-electron chi connectivity index (χ2n) is 5.72. The molecular weight excluding hydrogens is 218 g/mol. The second kappa shape index (κ2) is 7.58. The fourth-order valence-corrected chi connectivity index (χ4v) is 2.50. The topological polar surface area (TPSA) is 12.0 Å². The van der Waals surface area contributed by atoms with E-state index in [1.54, 1.807) is 0 Å². The van der Waals surface area contributed by atoms with Crippen LogP contribution in [-0.4, -0.2) is 6.54 Å². The number of aryl methyl sites for hydroxylation is 1. The highest BCUT2D eigenvalue weighted by Gasteiger charge is 2.13. The average molecular weight is 247 g/mol. The first-order valence-electron chi connectivity index (χ1n) is 7.35. The molecule has 102 valence electrons. The quantitative estimate of drug-likeness (QED) is 0.731. The van der Waals surface area contributed by atoms with Gasteiger partial charge in [0.2, 0.25) is 0 Å². The lowest BCUT2D eigenvalue weighted by molar-refractivity contribution is 0.454. The van der Waals surface area contributed by atoms with Gasteiger partial charge in [0.05, 0.1) is 0 Å². The van der Waals surface area contributed by atoms with Crippen molar-refractivity contribution in [1.29, 1.82) is 0 Å². The van der Waals surface area contributed by atoms with Gasteiger partial charge in [0, 0.05) is 6.04 Å². The molecule has 0 aliphatic rings. The Balaban J connectivity index is 2.74. The molecule has 0 saturated heterocycles. The fraction of sp³-hybridized carbons (Fsp3) is 0.647. The lowest BCUT2D eigenvalue weighted by atomic mass is 9.93. The summed E-state index contributed by atoms with van der Waals surface area (Å²) in [5, 5.41) is 3.64. The number of hydrogen-bond donors (Lipinski definition) is 1. The molecule has 18 heavy (non-hydrogen) atoms. The summed E-state index contributed by atoms with van der Waals surface area (Å²) in [6.07, 6.45) is 3.88. The predicted octanol–water partition coefficient (Wildman–Crippen LogP) is 4.78. The summed E-state index contributed by atoms with van der Waals surface area (Å²) in [5.41, 5.74) is 4.34. The molecule has 0 heterocycles. The van der Waals surface area contributed by atoms with Gasteiger partial charge in [-0.3, -0.25) is 0 Å². The third kappa shape index (κ3) is 4.45. The van der Waals surface area contributed by atoms with Gasteiger partial charge in [0.1, 0.15) is 0 Å². The van der Waals surface area contributed by atoms with Crippen LogP contribution < -0.4 is 5.32 Å². The minimum Gasteiger partial charge on any atom is -0.310 e. The van der Waals surface area contributed by atoms with Crippen LogP contribution in [0.1, 0.15) is 62.8 Å². The number of hydrogen-bond acceptors (Lipinski definition) is 1. The molecule has 1 heteroatoms. The maximum Gasteiger partial charge on any atom is 0.0322 e. The van der Waals surface area contributed by atoms with Crippen molar-refractivity contribution in [3.63, 3.8) is 0 Å². The largest absolute Gasteiger partial charge is 0.310 e. The molecule has 1 atom stereocenters. The molecule has 0 radical (unpaired) electrons. The van der Waals surface area contributed by atoms with Gasteiger partial charge in [0.15, 0.2) is 0 Å². The lowest BCUT2D eigenvalue weighted by Gasteiger charge is -2.21. The van der Waals surface area contributed by atoms with Crippen LogP contribution in [0.15, 0.2) is 18.2 Å². The SMILES string of the molecule is CCNC(CCCC(C)C)c1cccc(C)c1C. The Morgan fingerprint density at radius 3 is 2.44 bits per heavy atom. The molecule has 0 aliphatic heterocycles. The Kier molecular flexibility index (Phi) is 6.42. The molecule has 0 aliphatic carbocycles. The summed E-state index contributed by atoms with van der Waals surface area (Å²) < 4.78 is 0. The Morgan fingerprint density at radius 1 is 1.11 bits per heavy atom. The van der Waals surface area contributed by atoms with Crippen molar-refractivity contribution in [3.8, 4) is 0 Å². The van der Waals surface area contributed by atoms with Gasteiger partial charge in [-0.2, -0.15) is 0 Å². The van der Waals surface area contributed by atoms with E-state index in [1.807, 2.05) is 0 Å². The Bertz CT molecular complexity index is 355. The second-order valence-corrected chi connectivity index (χ2v) is 5.72. The maximum absolute atomic E-state index is 3.64. The predicted molar refractivity (Wildman–Crippen MR) is 81.0 cm³/mol. The van der Waals surface area contributed by atoms with Gasteiger partial charge < -0.3 is 5.32 Å². The van der Waals surface area contributed by atoms with Crippen molar-refractivity contribution < 1.29 is 0 Å². The van der Waals surface area contributed by atoms with Crippen LogP contribution >= 0.6 is 0 Å². The molecule has 0 fully saturated rings. The first-order valence-corrected chi connectivity index (χ1v) is 7.35. The zero-order chi connectivity index (χ0) is 13.5. The zero-order valence-electron chi connectivity index (χ0n) is 12.7. The van der Waals surface area contributed by atoms with Crippen LogP contribution in [0.3, 0.4) is 0 Å². The minimum atomic E-state index is 0.522. The van der Waals surface area contributed by atoms with Crippen molar-refractivity contribution in [2.24, 2.45) is 5.92 Å². The highest BCUT2D eigenvalue weighted by molar-refractivity contribution is 5.35. The number of nitrogens with one attached hydrogen (secondary N) is 1. The van der Waals surface area contributed by atoms with Crippen LogP contribution in [0, 0.1) is 19.8 Å². The van der Waals surface area contributed by atoms with Crippen LogP contribution in [0.2, 0.25) is 0 Å². The Hall–Kier alpha value is -0.820. The molecule has 1 aromatic carbocycles. The molecule has 0 amide bonds. The van der Waals surface area contributed by atoms with Crippen molar-refractivity contribution in [3.05, 3.63) is 34.9 Å². The lowest BCUT2D eigenvalue weighted by Crippen LogP contribution is -2.22. The standard InChI is InChI=1S/C17H29N/c1-6-18-17(12-7-9-13(2)3)16-11-8-10-14(4)15(16)5/h8,10-11,13,17-18H,6-7,9,12H2,1-5H3. The van der Waals surface area contributed by atoms with Crippen molar-refractivity contribution in [2.45, 2.75) is 59.9 Å². The Labute approximate surface area is 113 Å². The van der Waals surface area contributed by atoms with E-state index in [0.29, 0.717) is 6.04 Å². The average Bonchev–Trinajstić information content (AvgIpc) is 2.31. The number of rotatable bonds is 7. The monoisotopic (exact) mass is 247 g/mol. The third-order valence-electron chi connectivity index (χ3n) is 3.75. The smallest absolute Gasteiger partial charge is 0.0322 e. The Morgan fingerprint density at radius 2 is 1.83 bits per heavy atom. The first-order chi connectivity index (χ1) is 8.56. The molecule has 0 saturated carbocycles. The summed E-state index contributed by atoms with van der Waals surface area (Å²) in [6.45, 7) is 12.3. The zero-order valence-corrected chi connectivity index (χ0v) is 12.7. The molecule has 1 unspecified atom stereocenters. The molecule has 0 bridgehead atoms. The van der Waals surface area contributed by atoms with E-state index in [1.165, 1.54) is 36.0 Å². The van der Waals surface area contributed by atoms with E-state index in [0.717, 1.165) is 12.5 Å².